The Labute approximate surface area is 101 Å². The van der Waals surface area contributed by atoms with Crippen molar-refractivity contribution in [2.75, 3.05) is 26.3 Å². The van der Waals surface area contributed by atoms with Crippen LogP contribution in [0.25, 0.3) is 0 Å². The van der Waals surface area contributed by atoms with E-state index in [1.165, 1.54) is 12.1 Å². The molecular weight excluding hydrogens is 221 g/mol. The highest BCUT2D eigenvalue weighted by Crippen LogP contribution is 2.09. The molecule has 4 heteroatoms. The van der Waals surface area contributed by atoms with Crippen LogP contribution in [0.2, 0.25) is 0 Å². The topological polar surface area (TPSA) is 38.3 Å². The van der Waals surface area contributed by atoms with Crippen molar-refractivity contribution in [1.29, 1.82) is 0 Å². The molecule has 1 rings (SSSR count). The lowest BCUT2D eigenvalue weighted by Crippen LogP contribution is -2.21. The summed E-state index contributed by atoms with van der Waals surface area (Å²) in [5, 5.41) is 3.09. The van der Waals surface area contributed by atoms with E-state index in [1.807, 2.05) is 6.92 Å². The second-order valence-corrected chi connectivity index (χ2v) is 3.79. The largest absolute Gasteiger partial charge is 0.372 e. The maximum absolute atomic E-state index is 13.0. The summed E-state index contributed by atoms with van der Waals surface area (Å²) in [4.78, 5) is 11.7. The number of aryl methyl sites for hydroxylation is 1. The average Bonchev–Trinajstić information content (AvgIpc) is 2.32. The molecular formula is C13H18FNO2. The van der Waals surface area contributed by atoms with E-state index in [-0.39, 0.29) is 18.2 Å². The number of nitrogens with one attached hydrogen (secondary N) is 1. The summed E-state index contributed by atoms with van der Waals surface area (Å²) in [6.07, 6.45) is 0. The van der Waals surface area contributed by atoms with Gasteiger partial charge in [-0.15, -0.1) is 0 Å². The zero-order valence-corrected chi connectivity index (χ0v) is 10.3. The Balaban J connectivity index is 2.39. The molecule has 0 aliphatic rings. The van der Waals surface area contributed by atoms with Crippen LogP contribution in [0.4, 0.5) is 4.39 Å². The maximum atomic E-state index is 13.0. The normalized spacial score (nSPS) is 10.5. The number of hydrogen-bond donors (Lipinski definition) is 1. The summed E-state index contributed by atoms with van der Waals surface area (Å²) in [6.45, 7) is 5.79. The molecule has 0 bridgehead atoms. The minimum absolute atomic E-state index is 0.0382. The van der Waals surface area contributed by atoms with Gasteiger partial charge in [-0.1, -0.05) is 6.92 Å². The van der Waals surface area contributed by atoms with Crippen LogP contribution in [0.15, 0.2) is 18.2 Å². The van der Waals surface area contributed by atoms with Crippen molar-refractivity contribution in [3.8, 4) is 0 Å². The second-order valence-electron chi connectivity index (χ2n) is 3.79. The molecule has 0 aliphatic heterocycles. The fraction of sp³-hybridized carbons (Fsp3) is 0.462. The molecule has 0 saturated heterocycles. The Bertz CT molecular complexity index is 380. The molecule has 3 nitrogen and oxygen atoms in total. The van der Waals surface area contributed by atoms with Gasteiger partial charge >= 0.3 is 0 Å². The van der Waals surface area contributed by atoms with E-state index in [9.17, 15) is 9.18 Å². The summed E-state index contributed by atoms with van der Waals surface area (Å²) in [5.41, 5.74) is 0.968. The quantitative estimate of drug-likeness (QED) is 0.584. The smallest absolute Gasteiger partial charge is 0.188 e. The molecule has 1 aromatic rings. The van der Waals surface area contributed by atoms with Gasteiger partial charge in [0.1, 0.15) is 12.4 Å². The van der Waals surface area contributed by atoms with Gasteiger partial charge in [-0.2, -0.15) is 0 Å². The number of Topliss-reactive ketones (excluding diaryl/α,β-unsaturated/α-hetero) is 1. The Morgan fingerprint density at radius 3 is 2.88 bits per heavy atom. The van der Waals surface area contributed by atoms with Gasteiger partial charge in [0.25, 0.3) is 0 Å². The average molecular weight is 239 g/mol. The molecule has 94 valence electrons. The molecule has 0 amide bonds. The van der Waals surface area contributed by atoms with Gasteiger partial charge in [0.2, 0.25) is 0 Å². The highest BCUT2D eigenvalue weighted by molar-refractivity contribution is 5.97. The van der Waals surface area contributed by atoms with Crippen molar-refractivity contribution in [1.82, 2.24) is 5.32 Å². The third-order valence-corrected chi connectivity index (χ3v) is 2.39. The maximum Gasteiger partial charge on any atom is 0.188 e. The van der Waals surface area contributed by atoms with Gasteiger partial charge < -0.3 is 10.1 Å². The van der Waals surface area contributed by atoms with E-state index in [2.05, 4.69) is 5.32 Å². The lowest BCUT2D eigenvalue weighted by molar-refractivity contribution is 0.0765. The first-order valence-electron chi connectivity index (χ1n) is 5.73. The molecule has 0 heterocycles. The van der Waals surface area contributed by atoms with Gasteiger partial charge in [-0.05, 0) is 37.2 Å². The van der Waals surface area contributed by atoms with E-state index in [1.54, 1.807) is 13.0 Å². The predicted molar refractivity (Wildman–Crippen MR) is 64.8 cm³/mol. The summed E-state index contributed by atoms with van der Waals surface area (Å²) in [7, 11) is 0. The Hall–Kier alpha value is -1.26. The van der Waals surface area contributed by atoms with Crippen molar-refractivity contribution < 1.29 is 13.9 Å². The standard InChI is InChI=1S/C13H18FNO2/c1-3-15-6-7-17-9-13(16)11-4-5-12(14)10(2)8-11/h4-5,8,15H,3,6-7,9H2,1-2H3. The summed E-state index contributed by atoms with van der Waals surface area (Å²) in [6, 6.07) is 4.34. The van der Waals surface area contributed by atoms with Crippen LogP contribution in [0.3, 0.4) is 0 Å². The van der Waals surface area contributed by atoms with E-state index < -0.39 is 0 Å². The molecule has 1 N–H and O–H groups in total. The third kappa shape index (κ3) is 4.63. The fourth-order valence-corrected chi connectivity index (χ4v) is 1.39. The number of likely N-dealkylation sites (N-methyl/N-ethyl adjacent to an activating group) is 1. The molecule has 17 heavy (non-hydrogen) atoms. The van der Waals surface area contributed by atoms with Crippen LogP contribution in [0, 0.1) is 12.7 Å². The van der Waals surface area contributed by atoms with Gasteiger partial charge in [0.05, 0.1) is 6.61 Å². The highest BCUT2D eigenvalue weighted by atomic mass is 19.1. The van der Waals surface area contributed by atoms with Crippen molar-refractivity contribution in [3.63, 3.8) is 0 Å². The number of benzene rings is 1. The van der Waals surface area contributed by atoms with Crippen LogP contribution < -0.4 is 5.32 Å². The zero-order chi connectivity index (χ0) is 12.7. The van der Waals surface area contributed by atoms with Crippen molar-refractivity contribution in [2.45, 2.75) is 13.8 Å². The van der Waals surface area contributed by atoms with Crippen molar-refractivity contribution in [3.05, 3.63) is 35.1 Å². The van der Waals surface area contributed by atoms with Crippen molar-refractivity contribution in [2.24, 2.45) is 0 Å². The number of halogens is 1. The fourth-order valence-electron chi connectivity index (χ4n) is 1.39. The molecule has 0 radical (unpaired) electrons. The highest BCUT2D eigenvalue weighted by Gasteiger charge is 2.07. The molecule has 0 fully saturated rings. The Kier molecular flexibility index (Phi) is 5.80. The number of carbonyl (C=O) groups excluding carboxylic acids is 1. The first-order chi connectivity index (χ1) is 8.15. The van der Waals surface area contributed by atoms with E-state index in [0.717, 1.165) is 13.1 Å². The molecule has 0 saturated carbocycles. The summed E-state index contributed by atoms with van der Waals surface area (Å²) in [5.74, 6) is -0.417. The number of rotatable bonds is 7. The lowest BCUT2D eigenvalue weighted by Gasteiger charge is -2.05. The zero-order valence-electron chi connectivity index (χ0n) is 10.3. The molecule has 0 atom stereocenters. The third-order valence-electron chi connectivity index (χ3n) is 2.39. The number of ether oxygens (including phenoxy) is 1. The summed E-state index contributed by atoms with van der Waals surface area (Å²) >= 11 is 0. The van der Waals surface area contributed by atoms with Crippen molar-refractivity contribution >= 4 is 5.78 Å². The minimum atomic E-state index is -0.297. The van der Waals surface area contributed by atoms with Gasteiger partial charge in [0, 0.05) is 12.1 Å². The first-order valence-corrected chi connectivity index (χ1v) is 5.73. The van der Waals surface area contributed by atoms with Crippen LogP contribution >= 0.6 is 0 Å². The SMILES string of the molecule is CCNCCOCC(=O)c1ccc(F)c(C)c1. The summed E-state index contributed by atoms with van der Waals surface area (Å²) < 4.78 is 18.2. The van der Waals surface area contributed by atoms with Crippen LogP contribution in [-0.2, 0) is 4.74 Å². The Morgan fingerprint density at radius 2 is 2.24 bits per heavy atom. The van der Waals surface area contributed by atoms with Gasteiger partial charge in [0.15, 0.2) is 5.78 Å². The Morgan fingerprint density at radius 1 is 1.47 bits per heavy atom. The van der Waals surface area contributed by atoms with Gasteiger partial charge in [-0.25, -0.2) is 4.39 Å². The first kappa shape index (κ1) is 13.8. The van der Waals surface area contributed by atoms with Crippen LogP contribution in [0.5, 0.6) is 0 Å². The second kappa shape index (κ2) is 7.14. The molecule has 0 unspecified atom stereocenters. The van der Waals surface area contributed by atoms with E-state index in [0.29, 0.717) is 17.7 Å². The molecule has 1 aromatic carbocycles. The lowest BCUT2D eigenvalue weighted by atomic mass is 10.1. The van der Waals surface area contributed by atoms with E-state index >= 15 is 0 Å². The van der Waals surface area contributed by atoms with Crippen LogP contribution in [-0.4, -0.2) is 32.1 Å². The predicted octanol–water partition coefficient (Wildman–Crippen LogP) is 1.94. The van der Waals surface area contributed by atoms with Gasteiger partial charge in [-0.3, -0.25) is 4.79 Å². The number of ketones is 1. The number of hydrogen-bond acceptors (Lipinski definition) is 3. The number of carbonyl (C=O) groups is 1. The van der Waals surface area contributed by atoms with Crippen LogP contribution in [0.1, 0.15) is 22.8 Å². The van der Waals surface area contributed by atoms with E-state index in [4.69, 9.17) is 4.74 Å². The molecule has 0 aliphatic carbocycles. The molecule has 0 spiro atoms. The minimum Gasteiger partial charge on any atom is -0.372 e. The monoisotopic (exact) mass is 239 g/mol. The molecule has 0 aromatic heterocycles.